The molecule has 0 aliphatic carbocycles. The number of nitrogens with zero attached hydrogens (tertiary/aromatic N) is 5. The van der Waals surface area contributed by atoms with Crippen LogP contribution in [0.5, 0.6) is 0 Å². The Labute approximate surface area is 162 Å². The maximum atomic E-state index is 4.32. The summed E-state index contributed by atoms with van der Waals surface area (Å²) in [6.45, 7) is 3.29. The van der Waals surface area contributed by atoms with E-state index >= 15 is 0 Å². The van der Waals surface area contributed by atoms with Crippen LogP contribution in [0.2, 0.25) is 0 Å². The minimum atomic E-state index is 0. The number of nitrogens with one attached hydrogen (secondary N) is 1. The molecule has 0 spiro atoms. The van der Waals surface area contributed by atoms with E-state index in [4.69, 9.17) is 0 Å². The summed E-state index contributed by atoms with van der Waals surface area (Å²) < 4.78 is 3.06. The number of benzene rings is 1. The van der Waals surface area contributed by atoms with Gasteiger partial charge in [0, 0.05) is 32.2 Å². The number of aromatic nitrogens is 3. The summed E-state index contributed by atoms with van der Waals surface area (Å²) in [4.78, 5) is 6.40. The molecule has 0 atom stereocenters. The zero-order valence-corrected chi connectivity index (χ0v) is 17.7. The van der Waals surface area contributed by atoms with Crippen molar-refractivity contribution in [1.82, 2.24) is 25.0 Å². The fraction of sp³-hybridized carbons (Fsp3) is 0.400. The van der Waals surface area contributed by atoms with Gasteiger partial charge in [-0.25, -0.2) is 0 Å². The molecule has 0 aliphatic heterocycles. The minimum Gasteiger partial charge on any atom is -0.349 e. The van der Waals surface area contributed by atoms with E-state index in [9.17, 15) is 0 Å². The molecule has 1 N–H and O–H groups in total. The second-order valence-corrected chi connectivity index (χ2v) is 5.93. The Hall–Kier alpha value is -1.16. The molecule has 0 radical (unpaired) electrons. The second kappa shape index (κ2) is 9.21. The van der Waals surface area contributed by atoms with Crippen molar-refractivity contribution >= 4 is 45.9 Å². The number of hydrogen-bond acceptors (Lipinski definition) is 3. The van der Waals surface area contributed by atoms with Crippen molar-refractivity contribution in [3.8, 4) is 0 Å². The molecule has 0 amide bonds. The Morgan fingerprint density at radius 1 is 1.35 bits per heavy atom. The number of aliphatic imine (C=N–C) groups is 1. The Balaban J connectivity index is 0.00000264. The molecule has 8 heteroatoms. The highest BCUT2D eigenvalue weighted by Gasteiger charge is 2.10. The molecule has 2 rings (SSSR count). The number of aryl methyl sites for hydroxylation is 1. The van der Waals surface area contributed by atoms with Crippen LogP contribution < -0.4 is 5.32 Å². The molecule has 23 heavy (non-hydrogen) atoms. The van der Waals surface area contributed by atoms with E-state index < -0.39 is 0 Å². The van der Waals surface area contributed by atoms with Gasteiger partial charge in [0.15, 0.2) is 11.8 Å². The third kappa shape index (κ3) is 5.17. The van der Waals surface area contributed by atoms with Gasteiger partial charge in [-0.2, -0.15) is 0 Å². The maximum Gasteiger partial charge on any atom is 0.194 e. The number of hydrogen-bond donors (Lipinski definition) is 1. The van der Waals surface area contributed by atoms with Gasteiger partial charge >= 0.3 is 0 Å². The van der Waals surface area contributed by atoms with Gasteiger partial charge in [0.05, 0.1) is 6.54 Å². The van der Waals surface area contributed by atoms with Gasteiger partial charge in [-0.05, 0) is 18.6 Å². The minimum absolute atomic E-state index is 0. The van der Waals surface area contributed by atoms with Crippen LogP contribution in [0.4, 0.5) is 0 Å². The zero-order valence-electron chi connectivity index (χ0n) is 13.7. The Kier molecular flexibility index (Phi) is 7.97. The van der Waals surface area contributed by atoms with Gasteiger partial charge in [-0.1, -0.05) is 34.1 Å². The molecule has 0 aliphatic rings. The van der Waals surface area contributed by atoms with Crippen molar-refractivity contribution in [3.05, 3.63) is 46.0 Å². The summed E-state index contributed by atoms with van der Waals surface area (Å²) in [5.41, 5.74) is 1.21. The molecule has 1 aromatic heterocycles. The van der Waals surface area contributed by atoms with E-state index in [0.717, 1.165) is 28.6 Å². The number of guanidine groups is 1. The van der Waals surface area contributed by atoms with Crippen molar-refractivity contribution in [2.45, 2.75) is 20.0 Å². The monoisotopic (exact) mass is 492 g/mol. The van der Waals surface area contributed by atoms with E-state index in [1.165, 1.54) is 5.56 Å². The molecule has 2 aromatic rings. The number of rotatable bonds is 4. The molecular formula is C15H22BrIN6. The lowest BCUT2D eigenvalue weighted by Crippen LogP contribution is -2.38. The first kappa shape index (κ1) is 19.9. The second-order valence-electron chi connectivity index (χ2n) is 5.07. The third-order valence-electron chi connectivity index (χ3n) is 3.53. The first-order chi connectivity index (χ1) is 10.5. The molecule has 1 aromatic carbocycles. The summed E-state index contributed by atoms with van der Waals surface area (Å²) in [5, 5.41) is 11.5. The summed E-state index contributed by atoms with van der Waals surface area (Å²) in [7, 11) is 5.75. The van der Waals surface area contributed by atoms with E-state index in [-0.39, 0.29) is 24.0 Å². The average Bonchev–Trinajstić information content (AvgIpc) is 2.82. The lowest BCUT2D eigenvalue weighted by atomic mass is 10.2. The largest absolute Gasteiger partial charge is 0.349 e. The van der Waals surface area contributed by atoms with Gasteiger partial charge in [-0.15, -0.1) is 34.2 Å². The molecule has 0 unspecified atom stereocenters. The van der Waals surface area contributed by atoms with Crippen molar-refractivity contribution in [2.24, 2.45) is 12.0 Å². The van der Waals surface area contributed by atoms with E-state index in [0.29, 0.717) is 6.54 Å². The van der Waals surface area contributed by atoms with Gasteiger partial charge < -0.3 is 14.8 Å². The summed E-state index contributed by atoms with van der Waals surface area (Å²) in [6, 6.07) is 8.19. The van der Waals surface area contributed by atoms with E-state index in [1.54, 1.807) is 7.05 Å². The van der Waals surface area contributed by atoms with Crippen LogP contribution in [0.1, 0.15) is 17.2 Å². The van der Waals surface area contributed by atoms with Crippen molar-refractivity contribution in [2.75, 3.05) is 14.1 Å². The topological polar surface area (TPSA) is 58.3 Å². The van der Waals surface area contributed by atoms with Gasteiger partial charge in [0.25, 0.3) is 0 Å². The lowest BCUT2D eigenvalue weighted by Gasteiger charge is -2.22. The standard InChI is InChI=1S/C15H21BrN6.HI/c1-11-19-20-14(22(11)4)9-18-15(17-2)21(3)10-12-7-5-6-8-13(12)16;/h5-8H,9-10H2,1-4H3,(H,17,18);1H. The Bertz CT molecular complexity index is 670. The Morgan fingerprint density at radius 2 is 2.04 bits per heavy atom. The summed E-state index contributed by atoms with van der Waals surface area (Å²) >= 11 is 3.58. The fourth-order valence-corrected chi connectivity index (χ4v) is 2.51. The van der Waals surface area contributed by atoms with Crippen LogP contribution in [-0.4, -0.2) is 39.7 Å². The normalized spacial score (nSPS) is 11.1. The smallest absolute Gasteiger partial charge is 0.194 e. The summed E-state index contributed by atoms with van der Waals surface area (Å²) in [6.07, 6.45) is 0. The van der Waals surface area contributed by atoms with Gasteiger partial charge in [0.2, 0.25) is 0 Å². The molecule has 0 saturated carbocycles. The summed E-state index contributed by atoms with van der Waals surface area (Å²) in [5.74, 6) is 2.60. The molecule has 126 valence electrons. The fourth-order valence-electron chi connectivity index (χ4n) is 2.10. The van der Waals surface area contributed by atoms with Gasteiger partial charge in [-0.3, -0.25) is 4.99 Å². The van der Waals surface area contributed by atoms with Crippen molar-refractivity contribution in [3.63, 3.8) is 0 Å². The van der Waals surface area contributed by atoms with Crippen LogP contribution in [-0.2, 0) is 20.1 Å². The number of halogens is 2. The van der Waals surface area contributed by atoms with E-state index in [1.807, 2.05) is 43.8 Å². The zero-order chi connectivity index (χ0) is 16.1. The Morgan fingerprint density at radius 3 is 2.61 bits per heavy atom. The third-order valence-corrected chi connectivity index (χ3v) is 4.30. The van der Waals surface area contributed by atoms with Crippen LogP contribution >= 0.6 is 39.9 Å². The average molecular weight is 493 g/mol. The van der Waals surface area contributed by atoms with E-state index in [2.05, 4.69) is 47.4 Å². The molecular weight excluding hydrogens is 471 g/mol. The first-order valence-electron chi connectivity index (χ1n) is 7.03. The quantitative estimate of drug-likeness (QED) is 0.405. The highest BCUT2D eigenvalue weighted by atomic mass is 127. The van der Waals surface area contributed by atoms with Crippen LogP contribution in [0.3, 0.4) is 0 Å². The van der Waals surface area contributed by atoms with Crippen LogP contribution in [0.15, 0.2) is 33.7 Å². The predicted molar refractivity (Wildman–Crippen MR) is 107 cm³/mol. The highest BCUT2D eigenvalue weighted by Crippen LogP contribution is 2.17. The molecule has 0 fully saturated rings. The van der Waals surface area contributed by atoms with Crippen molar-refractivity contribution < 1.29 is 0 Å². The van der Waals surface area contributed by atoms with Crippen LogP contribution in [0.25, 0.3) is 0 Å². The molecule has 0 saturated heterocycles. The molecule has 1 heterocycles. The van der Waals surface area contributed by atoms with Crippen LogP contribution in [0, 0.1) is 6.92 Å². The SMILES string of the molecule is CN=C(NCc1nnc(C)n1C)N(C)Cc1ccccc1Br.I. The maximum absolute atomic E-state index is 4.32. The molecule has 0 bridgehead atoms. The van der Waals surface area contributed by atoms with Gasteiger partial charge in [0.1, 0.15) is 5.82 Å². The van der Waals surface area contributed by atoms with Crippen molar-refractivity contribution in [1.29, 1.82) is 0 Å². The predicted octanol–water partition coefficient (Wildman–Crippen LogP) is 2.71. The lowest BCUT2D eigenvalue weighted by molar-refractivity contribution is 0.473. The first-order valence-corrected chi connectivity index (χ1v) is 7.82. The molecule has 6 nitrogen and oxygen atoms in total. The highest BCUT2D eigenvalue weighted by molar-refractivity contribution is 14.0.